The van der Waals surface area contributed by atoms with Gasteiger partial charge in [-0.2, -0.15) is 4.98 Å². The lowest BCUT2D eigenvalue weighted by atomic mass is 9.88. The Morgan fingerprint density at radius 2 is 1.96 bits per heavy atom. The maximum Gasteiger partial charge on any atom is 0.268 e. The fourth-order valence-corrected chi connectivity index (χ4v) is 4.06. The molecule has 4 rings (SSSR count). The van der Waals surface area contributed by atoms with Crippen molar-refractivity contribution in [1.29, 1.82) is 0 Å². The van der Waals surface area contributed by atoms with E-state index in [0.29, 0.717) is 30.5 Å². The van der Waals surface area contributed by atoms with E-state index >= 15 is 0 Å². The monoisotopic (exact) mass is 368 g/mol. The Hall–Kier alpha value is -2.47. The summed E-state index contributed by atoms with van der Waals surface area (Å²) in [6, 6.07) is 7.00. The number of benzene rings is 1. The van der Waals surface area contributed by atoms with Crippen LogP contribution in [-0.4, -0.2) is 23.3 Å². The lowest BCUT2D eigenvalue weighted by Crippen LogP contribution is -2.31. The van der Waals surface area contributed by atoms with Crippen LogP contribution in [-0.2, 0) is 11.3 Å². The van der Waals surface area contributed by atoms with E-state index in [1.165, 1.54) is 6.42 Å². The second kappa shape index (κ2) is 7.64. The summed E-state index contributed by atoms with van der Waals surface area (Å²) in [5.74, 6) is 0.983. The third kappa shape index (κ3) is 3.30. The van der Waals surface area contributed by atoms with Gasteiger partial charge in [0, 0.05) is 26.2 Å². The summed E-state index contributed by atoms with van der Waals surface area (Å²) in [4.78, 5) is 30.9. The number of hydrogen-bond acceptors (Lipinski definition) is 5. The summed E-state index contributed by atoms with van der Waals surface area (Å²) in [5, 5.41) is 0.462. The Bertz CT molecular complexity index is 1080. The van der Waals surface area contributed by atoms with Crippen LogP contribution in [0.2, 0.25) is 0 Å². The van der Waals surface area contributed by atoms with Crippen LogP contribution in [0.5, 0.6) is 0 Å². The zero-order valence-corrected chi connectivity index (χ0v) is 15.6. The minimum atomic E-state index is -0.306. The van der Waals surface area contributed by atoms with Crippen molar-refractivity contribution >= 4 is 22.1 Å². The second-order valence-electron chi connectivity index (χ2n) is 7.22. The van der Waals surface area contributed by atoms with Crippen molar-refractivity contribution in [2.75, 3.05) is 13.7 Å². The molecule has 0 unspecified atom stereocenters. The Balaban J connectivity index is 1.96. The third-order valence-corrected chi connectivity index (χ3v) is 5.43. The summed E-state index contributed by atoms with van der Waals surface area (Å²) in [6.07, 6.45) is 6.22. The lowest BCUT2D eigenvalue weighted by molar-refractivity contribution is 0.189. The van der Waals surface area contributed by atoms with Gasteiger partial charge in [-0.15, -0.1) is 0 Å². The van der Waals surface area contributed by atoms with Crippen LogP contribution in [0.25, 0.3) is 22.1 Å². The number of methoxy groups -OCH3 is 1. The van der Waals surface area contributed by atoms with Gasteiger partial charge in [0.25, 0.3) is 5.56 Å². The smallest absolute Gasteiger partial charge is 0.268 e. The highest BCUT2D eigenvalue weighted by Gasteiger charge is 2.24. The SMILES string of the molecule is COCCCn1c(C2CCCCC2)nc2oc3ccccc3c(=O)c2c1=O. The minimum Gasteiger partial charge on any atom is -0.437 e. The molecule has 6 nitrogen and oxygen atoms in total. The van der Waals surface area contributed by atoms with E-state index in [0.717, 1.165) is 31.5 Å². The maximum atomic E-state index is 13.3. The number of hydrogen-bond donors (Lipinski definition) is 0. The van der Waals surface area contributed by atoms with Gasteiger partial charge in [-0.05, 0) is 31.4 Å². The molecule has 2 aromatic heterocycles. The molecule has 0 amide bonds. The molecule has 1 aliphatic carbocycles. The maximum absolute atomic E-state index is 13.3. The molecule has 0 atom stereocenters. The largest absolute Gasteiger partial charge is 0.437 e. The van der Waals surface area contributed by atoms with Crippen LogP contribution < -0.4 is 11.0 Å². The van der Waals surface area contributed by atoms with Crippen molar-refractivity contribution < 1.29 is 9.15 Å². The molecule has 0 radical (unpaired) electrons. The highest BCUT2D eigenvalue weighted by atomic mass is 16.5. The highest BCUT2D eigenvalue weighted by molar-refractivity contribution is 5.87. The van der Waals surface area contributed by atoms with Crippen molar-refractivity contribution in [3.63, 3.8) is 0 Å². The molecule has 1 aliphatic rings. The zero-order valence-electron chi connectivity index (χ0n) is 15.6. The predicted molar refractivity (Wildman–Crippen MR) is 104 cm³/mol. The standard InChI is InChI=1S/C21H24N2O4/c1-26-13-7-12-23-19(14-8-3-2-4-9-14)22-20-17(21(23)25)18(24)15-10-5-6-11-16(15)27-20/h5-6,10-11,14H,2-4,7-9,12-13H2,1H3. The lowest BCUT2D eigenvalue weighted by Gasteiger charge is -2.24. The Kier molecular flexibility index (Phi) is 5.07. The van der Waals surface area contributed by atoms with Crippen LogP contribution in [0.15, 0.2) is 38.3 Å². The summed E-state index contributed by atoms with van der Waals surface area (Å²) >= 11 is 0. The normalized spacial score (nSPS) is 15.6. The number of aromatic nitrogens is 2. The van der Waals surface area contributed by atoms with Crippen LogP contribution in [0.3, 0.4) is 0 Å². The molecule has 6 heteroatoms. The Morgan fingerprint density at radius 1 is 1.19 bits per heavy atom. The molecule has 27 heavy (non-hydrogen) atoms. The minimum absolute atomic E-state index is 0.0469. The van der Waals surface area contributed by atoms with Gasteiger partial charge in [0.05, 0.1) is 5.39 Å². The number of ether oxygens (including phenoxy) is 1. The first-order chi connectivity index (χ1) is 13.2. The molecule has 0 bridgehead atoms. The molecule has 1 saturated carbocycles. The molecule has 0 spiro atoms. The first kappa shape index (κ1) is 17.9. The Morgan fingerprint density at radius 3 is 2.74 bits per heavy atom. The number of nitrogens with zero attached hydrogens (tertiary/aromatic N) is 2. The van der Waals surface area contributed by atoms with Gasteiger partial charge in [-0.25, -0.2) is 0 Å². The molecular weight excluding hydrogens is 344 g/mol. The van der Waals surface area contributed by atoms with Gasteiger partial charge in [0.1, 0.15) is 11.4 Å². The second-order valence-corrected chi connectivity index (χ2v) is 7.22. The van der Waals surface area contributed by atoms with E-state index in [4.69, 9.17) is 14.1 Å². The molecule has 1 fully saturated rings. The van der Waals surface area contributed by atoms with E-state index < -0.39 is 0 Å². The van der Waals surface area contributed by atoms with Crippen molar-refractivity contribution in [3.8, 4) is 0 Å². The fraction of sp³-hybridized carbons (Fsp3) is 0.476. The molecular formula is C21H24N2O4. The molecule has 0 N–H and O–H groups in total. The predicted octanol–water partition coefficient (Wildman–Crippen LogP) is 3.59. The summed E-state index contributed by atoms with van der Waals surface area (Å²) < 4.78 is 12.7. The third-order valence-electron chi connectivity index (χ3n) is 5.43. The van der Waals surface area contributed by atoms with Crippen molar-refractivity contribution in [2.24, 2.45) is 0 Å². The van der Waals surface area contributed by atoms with Crippen molar-refractivity contribution in [1.82, 2.24) is 9.55 Å². The molecule has 1 aromatic carbocycles. The van der Waals surface area contributed by atoms with E-state index in [1.807, 2.05) is 6.07 Å². The van der Waals surface area contributed by atoms with Crippen molar-refractivity contribution in [2.45, 2.75) is 51.0 Å². The van der Waals surface area contributed by atoms with Gasteiger partial charge in [-0.3, -0.25) is 14.2 Å². The molecule has 2 heterocycles. The number of rotatable bonds is 5. The van der Waals surface area contributed by atoms with E-state index in [9.17, 15) is 9.59 Å². The van der Waals surface area contributed by atoms with E-state index in [2.05, 4.69) is 0 Å². The molecule has 142 valence electrons. The summed E-state index contributed by atoms with van der Waals surface area (Å²) in [5.41, 5.74) is 0.0251. The number of fused-ring (bicyclic) bond motifs is 2. The average molecular weight is 368 g/mol. The topological polar surface area (TPSA) is 74.3 Å². The summed E-state index contributed by atoms with van der Waals surface area (Å²) in [6.45, 7) is 1.05. The Labute approximate surface area is 156 Å². The van der Waals surface area contributed by atoms with Gasteiger partial charge in [-0.1, -0.05) is 31.4 Å². The van der Waals surface area contributed by atoms with Gasteiger partial charge in [0.15, 0.2) is 5.39 Å². The fourth-order valence-electron chi connectivity index (χ4n) is 4.06. The molecule has 3 aromatic rings. The van der Waals surface area contributed by atoms with E-state index in [1.54, 1.807) is 29.9 Å². The quantitative estimate of drug-likeness (QED) is 0.508. The van der Waals surface area contributed by atoms with Crippen LogP contribution in [0.4, 0.5) is 0 Å². The van der Waals surface area contributed by atoms with Gasteiger partial charge < -0.3 is 9.15 Å². The van der Waals surface area contributed by atoms with Crippen LogP contribution in [0.1, 0.15) is 50.3 Å². The van der Waals surface area contributed by atoms with Gasteiger partial charge >= 0.3 is 0 Å². The van der Waals surface area contributed by atoms with E-state index in [-0.39, 0.29) is 28.0 Å². The number of para-hydroxylation sites is 1. The first-order valence-electron chi connectivity index (χ1n) is 9.66. The zero-order chi connectivity index (χ0) is 18.8. The first-order valence-corrected chi connectivity index (χ1v) is 9.66. The highest BCUT2D eigenvalue weighted by Crippen LogP contribution is 2.32. The van der Waals surface area contributed by atoms with Crippen molar-refractivity contribution in [3.05, 3.63) is 50.7 Å². The van der Waals surface area contributed by atoms with Crippen LogP contribution >= 0.6 is 0 Å². The van der Waals surface area contributed by atoms with Crippen LogP contribution in [0, 0.1) is 0 Å². The average Bonchev–Trinajstić information content (AvgIpc) is 2.70. The molecule has 0 saturated heterocycles. The van der Waals surface area contributed by atoms with Gasteiger partial charge in [0.2, 0.25) is 11.1 Å². The molecule has 0 aliphatic heterocycles. The summed E-state index contributed by atoms with van der Waals surface area (Å²) in [7, 11) is 1.64.